The Morgan fingerprint density at radius 2 is 2.07 bits per heavy atom. The molecule has 2 heterocycles. The zero-order valence-corrected chi connectivity index (χ0v) is 21.9. The van der Waals surface area contributed by atoms with Crippen molar-refractivity contribution in [3.8, 4) is 0 Å². The minimum Gasteiger partial charge on any atom is -0.355 e. The van der Waals surface area contributed by atoms with Crippen molar-refractivity contribution in [3.05, 3.63) is 51.2 Å². The molecular formula is C21H31IN4O2S2. The van der Waals surface area contributed by atoms with Crippen LogP contribution in [0.4, 0.5) is 0 Å². The summed E-state index contributed by atoms with van der Waals surface area (Å²) in [7, 11) is -1.43. The molecule has 1 aromatic carbocycles. The molecule has 1 aromatic heterocycles. The highest BCUT2D eigenvalue weighted by molar-refractivity contribution is 14.0. The van der Waals surface area contributed by atoms with Crippen LogP contribution in [0.3, 0.4) is 0 Å². The summed E-state index contributed by atoms with van der Waals surface area (Å²) < 4.78 is 23.5. The van der Waals surface area contributed by atoms with Gasteiger partial charge in [0.1, 0.15) is 0 Å². The highest BCUT2D eigenvalue weighted by Gasteiger charge is 2.21. The van der Waals surface area contributed by atoms with Crippen LogP contribution >= 0.6 is 35.3 Å². The molecule has 6 nitrogen and oxygen atoms in total. The fourth-order valence-corrected chi connectivity index (χ4v) is 5.51. The lowest BCUT2D eigenvalue weighted by Gasteiger charge is -2.32. The van der Waals surface area contributed by atoms with E-state index >= 15 is 0 Å². The van der Waals surface area contributed by atoms with Gasteiger partial charge in [-0.15, -0.1) is 35.3 Å². The van der Waals surface area contributed by atoms with Crippen molar-refractivity contribution in [2.24, 2.45) is 4.99 Å². The second-order valence-corrected chi connectivity index (χ2v) is 10.6. The van der Waals surface area contributed by atoms with Crippen molar-refractivity contribution >= 4 is 51.1 Å². The van der Waals surface area contributed by atoms with Crippen molar-refractivity contribution < 1.29 is 8.42 Å². The number of guanidine groups is 1. The van der Waals surface area contributed by atoms with Crippen molar-refractivity contribution in [3.63, 3.8) is 0 Å². The average molecular weight is 563 g/mol. The summed E-state index contributed by atoms with van der Waals surface area (Å²) in [6.07, 6.45) is 2.37. The Bertz CT molecular complexity index is 989. The largest absolute Gasteiger partial charge is 0.355 e. The highest BCUT2D eigenvalue weighted by Crippen LogP contribution is 2.25. The van der Waals surface area contributed by atoms with Gasteiger partial charge in [0, 0.05) is 50.4 Å². The van der Waals surface area contributed by atoms with Crippen LogP contribution in [0.2, 0.25) is 0 Å². The van der Waals surface area contributed by atoms with Crippen LogP contribution < -0.4 is 10.6 Å². The molecule has 3 rings (SSSR count). The highest BCUT2D eigenvalue weighted by atomic mass is 127. The van der Waals surface area contributed by atoms with Gasteiger partial charge in [-0.2, -0.15) is 0 Å². The summed E-state index contributed by atoms with van der Waals surface area (Å²) >= 11 is 1.86. The molecule has 1 aliphatic heterocycles. The predicted molar refractivity (Wildman–Crippen MR) is 136 cm³/mol. The quantitative estimate of drug-likeness (QED) is 0.322. The topological polar surface area (TPSA) is 73.8 Å². The lowest BCUT2D eigenvalue weighted by atomic mass is 10.1. The number of fused-ring (bicyclic) bond motifs is 1. The Kier molecular flexibility index (Phi) is 9.13. The fourth-order valence-electron chi connectivity index (χ4n) is 3.66. The molecule has 0 fully saturated rings. The summed E-state index contributed by atoms with van der Waals surface area (Å²) in [4.78, 5) is 8.72. The van der Waals surface area contributed by atoms with Crippen LogP contribution in [-0.2, 0) is 29.3 Å². The van der Waals surface area contributed by atoms with E-state index in [4.69, 9.17) is 0 Å². The van der Waals surface area contributed by atoms with Crippen molar-refractivity contribution in [2.75, 3.05) is 26.4 Å². The van der Waals surface area contributed by atoms with Gasteiger partial charge in [-0.25, -0.2) is 8.42 Å². The zero-order valence-electron chi connectivity index (χ0n) is 17.9. The van der Waals surface area contributed by atoms with Gasteiger partial charge in [0.25, 0.3) is 0 Å². The second-order valence-electron chi connectivity index (χ2n) is 7.62. The Hall–Kier alpha value is -1.17. The summed E-state index contributed by atoms with van der Waals surface area (Å²) in [6.45, 7) is 7.57. The van der Waals surface area contributed by atoms with E-state index in [1.807, 2.05) is 30.4 Å². The molecule has 2 N–H and O–H groups in total. The number of rotatable bonds is 6. The number of sulfone groups is 1. The summed E-state index contributed by atoms with van der Waals surface area (Å²) in [5.74, 6) is 0.745. The molecule has 166 valence electrons. The third-order valence-electron chi connectivity index (χ3n) is 5.35. The van der Waals surface area contributed by atoms with E-state index in [1.165, 1.54) is 16.7 Å². The minimum absolute atomic E-state index is 0. The summed E-state index contributed by atoms with van der Waals surface area (Å²) in [5, 5.41) is 8.91. The first kappa shape index (κ1) is 25.1. The number of nitrogens with zero attached hydrogens (tertiary/aromatic N) is 2. The van der Waals surface area contributed by atoms with Crippen LogP contribution in [0, 0.1) is 6.92 Å². The molecule has 0 saturated heterocycles. The van der Waals surface area contributed by atoms with Gasteiger partial charge in [0.15, 0.2) is 15.8 Å². The molecule has 1 atom stereocenters. The number of halogens is 1. The third kappa shape index (κ3) is 6.41. The van der Waals surface area contributed by atoms with Gasteiger partial charge in [-0.3, -0.25) is 9.89 Å². The van der Waals surface area contributed by atoms with Gasteiger partial charge in [0.2, 0.25) is 0 Å². The van der Waals surface area contributed by atoms with Crippen LogP contribution in [0.5, 0.6) is 0 Å². The lowest BCUT2D eigenvalue weighted by Crippen LogP contribution is -2.47. The SMILES string of the molecule is CN=C(NCc1ccc(S(C)(=O)=O)c(C)c1)NCC(C)N1CCc2sccc2C1.I. The molecule has 2 aromatic rings. The molecule has 1 aliphatic rings. The van der Waals surface area contributed by atoms with Crippen LogP contribution in [0.15, 0.2) is 39.5 Å². The molecule has 0 saturated carbocycles. The van der Waals surface area contributed by atoms with E-state index in [0.717, 1.165) is 43.1 Å². The van der Waals surface area contributed by atoms with Gasteiger partial charge in [-0.1, -0.05) is 12.1 Å². The Balaban J connectivity index is 0.00000320. The normalized spacial score (nSPS) is 15.8. The maximum atomic E-state index is 11.8. The fraction of sp³-hybridized carbons (Fsp3) is 0.476. The predicted octanol–water partition coefficient (Wildman–Crippen LogP) is 3.19. The number of aliphatic imine (C=N–C) groups is 1. The van der Waals surface area contributed by atoms with E-state index in [1.54, 1.807) is 13.1 Å². The Morgan fingerprint density at radius 1 is 1.30 bits per heavy atom. The molecular weight excluding hydrogens is 531 g/mol. The maximum absolute atomic E-state index is 11.8. The van der Waals surface area contributed by atoms with Gasteiger partial charge in [-0.05, 0) is 54.5 Å². The van der Waals surface area contributed by atoms with Crippen LogP contribution in [-0.4, -0.2) is 51.7 Å². The molecule has 30 heavy (non-hydrogen) atoms. The third-order valence-corrected chi connectivity index (χ3v) is 7.63. The second kappa shape index (κ2) is 10.9. The first-order chi connectivity index (χ1) is 13.8. The number of aryl methyl sites for hydroxylation is 1. The maximum Gasteiger partial charge on any atom is 0.191 e. The standard InChI is InChI=1S/C21H30N4O2S2.HI/c1-15-11-17(5-6-20(15)29(4,26)27)13-24-21(22-3)23-12-16(2)25-9-7-19-18(14-25)8-10-28-19;/h5-6,8,10-11,16H,7,9,12-14H2,1-4H3,(H2,22,23,24);1H. The average Bonchev–Trinajstić information content (AvgIpc) is 3.14. The zero-order chi connectivity index (χ0) is 21.0. The van der Waals surface area contributed by atoms with E-state index in [9.17, 15) is 8.42 Å². The van der Waals surface area contributed by atoms with Crippen molar-refractivity contribution in [1.29, 1.82) is 0 Å². The Labute approximate surface area is 201 Å². The van der Waals surface area contributed by atoms with Crippen molar-refractivity contribution in [2.45, 2.75) is 44.3 Å². The monoisotopic (exact) mass is 562 g/mol. The van der Waals surface area contributed by atoms with Gasteiger partial charge in [0.05, 0.1) is 4.90 Å². The molecule has 0 spiro atoms. The molecule has 1 unspecified atom stereocenters. The summed E-state index contributed by atoms with van der Waals surface area (Å²) in [6, 6.07) is 8.07. The van der Waals surface area contributed by atoms with Crippen LogP contribution in [0.25, 0.3) is 0 Å². The number of hydrogen-bond acceptors (Lipinski definition) is 5. The minimum atomic E-state index is -3.19. The van der Waals surface area contributed by atoms with E-state index in [-0.39, 0.29) is 24.0 Å². The smallest absolute Gasteiger partial charge is 0.191 e. The summed E-state index contributed by atoms with van der Waals surface area (Å²) in [5.41, 5.74) is 3.25. The Morgan fingerprint density at radius 3 is 2.73 bits per heavy atom. The van der Waals surface area contributed by atoms with Gasteiger partial charge >= 0.3 is 0 Å². The van der Waals surface area contributed by atoms with Crippen LogP contribution in [0.1, 0.15) is 28.5 Å². The van der Waals surface area contributed by atoms with E-state index < -0.39 is 9.84 Å². The molecule has 0 aliphatic carbocycles. The van der Waals surface area contributed by atoms with E-state index in [0.29, 0.717) is 17.5 Å². The van der Waals surface area contributed by atoms with E-state index in [2.05, 4.69) is 38.9 Å². The number of nitrogens with one attached hydrogen (secondary N) is 2. The molecule has 0 radical (unpaired) electrons. The number of thiophene rings is 1. The molecule has 0 bridgehead atoms. The first-order valence-electron chi connectivity index (χ1n) is 9.81. The molecule has 9 heteroatoms. The van der Waals surface area contributed by atoms with Gasteiger partial charge < -0.3 is 10.6 Å². The lowest BCUT2D eigenvalue weighted by molar-refractivity contribution is 0.192. The first-order valence-corrected chi connectivity index (χ1v) is 12.6. The molecule has 0 amide bonds. The van der Waals surface area contributed by atoms with Crippen molar-refractivity contribution in [1.82, 2.24) is 15.5 Å². The number of hydrogen-bond donors (Lipinski definition) is 2. The number of benzene rings is 1.